The Kier molecular flexibility index (Phi) is 4.21. The smallest absolute Gasteiger partial charge is 0.393 e. The molecule has 6 heteroatoms. The maximum absolute atomic E-state index is 12.4. The van der Waals surface area contributed by atoms with Crippen molar-refractivity contribution in [2.75, 3.05) is 5.73 Å². The van der Waals surface area contributed by atoms with E-state index in [9.17, 15) is 18.0 Å². The van der Waals surface area contributed by atoms with Gasteiger partial charge in [-0.3, -0.25) is 0 Å². The molecule has 0 aliphatic carbocycles. The highest BCUT2D eigenvalue weighted by Gasteiger charge is 2.31. The van der Waals surface area contributed by atoms with Crippen LogP contribution in [0.15, 0.2) is 18.2 Å². The third-order valence-electron chi connectivity index (χ3n) is 2.12. The molecule has 0 radical (unpaired) electrons. The number of nitrogens with two attached hydrogens (primary N) is 1. The first-order valence-corrected chi connectivity index (χ1v) is 5.36. The summed E-state index contributed by atoms with van der Waals surface area (Å²) >= 11 is 0. The van der Waals surface area contributed by atoms with Crippen molar-refractivity contribution in [1.29, 1.82) is 0 Å². The largest absolute Gasteiger partial charge is 0.459 e. The van der Waals surface area contributed by atoms with E-state index in [4.69, 9.17) is 10.5 Å². The summed E-state index contributed by atoms with van der Waals surface area (Å²) in [5.41, 5.74) is 5.16. The molecule has 0 amide bonds. The molecule has 0 aliphatic heterocycles. The zero-order valence-electron chi connectivity index (χ0n) is 10.0. The fourth-order valence-corrected chi connectivity index (χ4v) is 1.51. The van der Waals surface area contributed by atoms with Gasteiger partial charge in [-0.2, -0.15) is 13.2 Å². The molecule has 0 aliphatic rings. The molecule has 3 nitrogen and oxygen atoms in total. The molecule has 0 fully saturated rings. The third kappa shape index (κ3) is 3.94. The number of benzene rings is 1. The first-order valence-electron chi connectivity index (χ1n) is 5.36. The van der Waals surface area contributed by atoms with Crippen LogP contribution in [-0.4, -0.2) is 18.2 Å². The van der Waals surface area contributed by atoms with Crippen LogP contribution in [-0.2, 0) is 11.2 Å². The Labute approximate surface area is 103 Å². The Bertz CT molecular complexity index is 441. The molecule has 1 rings (SSSR count). The molecule has 0 heterocycles. The second-order valence-corrected chi connectivity index (χ2v) is 4.13. The Morgan fingerprint density at radius 3 is 2.50 bits per heavy atom. The highest BCUT2D eigenvalue weighted by atomic mass is 19.4. The second kappa shape index (κ2) is 5.29. The lowest BCUT2D eigenvalue weighted by molar-refractivity contribution is -0.127. The summed E-state index contributed by atoms with van der Waals surface area (Å²) in [5.74, 6) is -0.831. The topological polar surface area (TPSA) is 52.3 Å². The Hall–Kier alpha value is -1.72. The van der Waals surface area contributed by atoms with Gasteiger partial charge < -0.3 is 10.5 Å². The zero-order chi connectivity index (χ0) is 13.9. The fourth-order valence-electron chi connectivity index (χ4n) is 1.51. The van der Waals surface area contributed by atoms with E-state index in [0.717, 1.165) is 0 Å². The number of rotatable bonds is 3. The SMILES string of the molecule is CC(C)OC(=O)c1c(N)cccc1CC(F)(F)F. The number of anilines is 1. The molecule has 1 aromatic rings. The lowest BCUT2D eigenvalue weighted by Gasteiger charge is -2.14. The molecule has 0 atom stereocenters. The molecule has 1 aromatic carbocycles. The molecule has 18 heavy (non-hydrogen) atoms. The minimum Gasteiger partial charge on any atom is -0.459 e. The number of hydrogen-bond donors (Lipinski definition) is 1. The lowest BCUT2D eigenvalue weighted by Crippen LogP contribution is -2.19. The quantitative estimate of drug-likeness (QED) is 0.672. The molecular formula is C12H14F3NO2. The van der Waals surface area contributed by atoms with Crippen LogP contribution in [0.4, 0.5) is 18.9 Å². The maximum Gasteiger partial charge on any atom is 0.393 e. The average Bonchev–Trinajstić information content (AvgIpc) is 2.13. The standard InChI is InChI=1S/C12H14F3NO2/c1-7(2)18-11(17)10-8(6-12(13,14)15)4-3-5-9(10)16/h3-5,7H,6,16H2,1-2H3. The number of carbonyl (C=O) groups excluding carboxylic acids is 1. The van der Waals surface area contributed by atoms with Crippen LogP contribution < -0.4 is 5.73 Å². The van der Waals surface area contributed by atoms with Crippen molar-refractivity contribution < 1.29 is 22.7 Å². The lowest BCUT2D eigenvalue weighted by atomic mass is 10.0. The van der Waals surface area contributed by atoms with Gasteiger partial charge in [0.25, 0.3) is 0 Å². The van der Waals surface area contributed by atoms with E-state index >= 15 is 0 Å². The van der Waals surface area contributed by atoms with Crippen molar-refractivity contribution in [2.45, 2.75) is 32.5 Å². The molecule has 0 saturated carbocycles. The number of nitrogen functional groups attached to an aromatic ring is 1. The normalized spacial score (nSPS) is 11.7. The predicted molar refractivity (Wildman–Crippen MR) is 61.2 cm³/mol. The van der Waals surface area contributed by atoms with E-state index in [1.54, 1.807) is 13.8 Å². The van der Waals surface area contributed by atoms with Gasteiger partial charge in [0.2, 0.25) is 0 Å². The van der Waals surface area contributed by atoms with Gasteiger partial charge in [-0.25, -0.2) is 4.79 Å². The van der Waals surface area contributed by atoms with Gasteiger partial charge in [-0.15, -0.1) is 0 Å². The second-order valence-electron chi connectivity index (χ2n) is 4.13. The zero-order valence-corrected chi connectivity index (χ0v) is 10.0. The first-order chi connectivity index (χ1) is 8.20. The molecule has 0 unspecified atom stereocenters. The third-order valence-corrected chi connectivity index (χ3v) is 2.12. The minimum atomic E-state index is -4.40. The van der Waals surface area contributed by atoms with E-state index in [-0.39, 0.29) is 16.8 Å². The van der Waals surface area contributed by atoms with Crippen molar-refractivity contribution in [3.8, 4) is 0 Å². The van der Waals surface area contributed by atoms with E-state index in [1.807, 2.05) is 0 Å². The van der Waals surface area contributed by atoms with Crippen molar-refractivity contribution >= 4 is 11.7 Å². The summed E-state index contributed by atoms with van der Waals surface area (Å²) < 4.78 is 42.0. The van der Waals surface area contributed by atoms with Crippen LogP contribution in [0.1, 0.15) is 29.8 Å². The van der Waals surface area contributed by atoms with Gasteiger partial charge in [0.15, 0.2) is 0 Å². The fraction of sp³-hybridized carbons (Fsp3) is 0.417. The van der Waals surface area contributed by atoms with Crippen LogP contribution in [0.3, 0.4) is 0 Å². The minimum absolute atomic E-state index is 0.0117. The molecule has 100 valence electrons. The summed E-state index contributed by atoms with van der Waals surface area (Å²) in [5, 5.41) is 0. The summed E-state index contributed by atoms with van der Waals surface area (Å²) in [6, 6.07) is 3.97. The number of esters is 1. The van der Waals surface area contributed by atoms with Gasteiger partial charge in [0.05, 0.1) is 18.1 Å². The molecule has 0 aromatic heterocycles. The van der Waals surface area contributed by atoms with Gasteiger partial charge >= 0.3 is 12.1 Å². The Balaban J connectivity index is 3.12. The first kappa shape index (κ1) is 14.3. The summed E-state index contributed by atoms with van der Waals surface area (Å²) in [4.78, 5) is 11.7. The summed E-state index contributed by atoms with van der Waals surface area (Å²) in [6.07, 6.45) is -6.03. The Morgan fingerprint density at radius 1 is 1.39 bits per heavy atom. The van der Waals surface area contributed by atoms with Gasteiger partial charge in [0.1, 0.15) is 0 Å². The van der Waals surface area contributed by atoms with Crippen LogP contribution in [0, 0.1) is 0 Å². The predicted octanol–water partition coefficient (Wildman–Crippen LogP) is 2.94. The maximum atomic E-state index is 12.4. The van der Waals surface area contributed by atoms with Gasteiger partial charge in [-0.1, -0.05) is 12.1 Å². The molecule has 0 spiro atoms. The van der Waals surface area contributed by atoms with E-state index in [0.29, 0.717) is 0 Å². The monoisotopic (exact) mass is 261 g/mol. The molecule has 0 bridgehead atoms. The van der Waals surface area contributed by atoms with Gasteiger partial charge in [-0.05, 0) is 25.5 Å². The summed E-state index contributed by atoms with van der Waals surface area (Å²) in [7, 11) is 0. The van der Waals surface area contributed by atoms with E-state index in [1.165, 1.54) is 18.2 Å². The van der Waals surface area contributed by atoms with Gasteiger partial charge in [0, 0.05) is 5.69 Å². The van der Waals surface area contributed by atoms with Crippen molar-refractivity contribution in [1.82, 2.24) is 0 Å². The van der Waals surface area contributed by atoms with Crippen LogP contribution >= 0.6 is 0 Å². The number of halogens is 3. The van der Waals surface area contributed by atoms with E-state index < -0.39 is 24.7 Å². The number of hydrogen-bond acceptors (Lipinski definition) is 3. The van der Waals surface area contributed by atoms with Crippen molar-refractivity contribution in [3.63, 3.8) is 0 Å². The van der Waals surface area contributed by atoms with Crippen molar-refractivity contribution in [2.24, 2.45) is 0 Å². The molecular weight excluding hydrogens is 247 g/mol. The van der Waals surface area contributed by atoms with E-state index in [2.05, 4.69) is 0 Å². The molecule has 2 N–H and O–H groups in total. The van der Waals surface area contributed by atoms with Crippen LogP contribution in [0.5, 0.6) is 0 Å². The van der Waals surface area contributed by atoms with Crippen molar-refractivity contribution in [3.05, 3.63) is 29.3 Å². The number of ether oxygens (including phenoxy) is 1. The Morgan fingerprint density at radius 2 is 2.00 bits per heavy atom. The average molecular weight is 261 g/mol. The van der Waals surface area contributed by atoms with Crippen LogP contribution in [0.2, 0.25) is 0 Å². The molecule has 0 saturated heterocycles. The highest BCUT2D eigenvalue weighted by molar-refractivity contribution is 5.96. The summed E-state index contributed by atoms with van der Waals surface area (Å²) in [6.45, 7) is 3.22. The number of alkyl halides is 3. The highest BCUT2D eigenvalue weighted by Crippen LogP contribution is 2.27. The van der Waals surface area contributed by atoms with Crippen LogP contribution in [0.25, 0.3) is 0 Å². The number of carbonyl (C=O) groups is 1.